The molecule has 0 aliphatic rings. The Morgan fingerprint density at radius 2 is 1.74 bits per heavy atom. The number of halogens is 3. The average Bonchev–Trinajstić information content (AvgIpc) is 2.99. The number of phenols is 1. The Labute approximate surface area is 176 Å². The molecule has 1 aromatic heterocycles. The highest BCUT2D eigenvalue weighted by atomic mass is 19.2. The smallest absolute Gasteiger partial charge is 0.314 e. The van der Waals surface area contributed by atoms with Crippen LogP contribution in [0.3, 0.4) is 0 Å². The van der Waals surface area contributed by atoms with Gasteiger partial charge in [0.05, 0.1) is 10.9 Å². The van der Waals surface area contributed by atoms with Crippen LogP contribution in [-0.2, 0) is 10.2 Å². The summed E-state index contributed by atoms with van der Waals surface area (Å²) in [5.74, 6) is -6.35. The first-order chi connectivity index (χ1) is 14.4. The summed E-state index contributed by atoms with van der Waals surface area (Å²) in [6.07, 6.45) is 0.499. The number of carboxylic acid groups (broad SMARTS) is 1. The van der Waals surface area contributed by atoms with Crippen LogP contribution in [0.5, 0.6) is 5.75 Å². The Hall–Kier alpha value is -3.29. The van der Waals surface area contributed by atoms with Crippen molar-refractivity contribution in [2.45, 2.75) is 39.5 Å². The Bertz CT molecular complexity index is 1220. The third-order valence-electron chi connectivity index (χ3n) is 6.20. The van der Waals surface area contributed by atoms with Gasteiger partial charge < -0.3 is 10.2 Å². The molecule has 0 radical (unpaired) electrons. The van der Waals surface area contributed by atoms with Gasteiger partial charge in [-0.3, -0.25) is 14.2 Å². The van der Waals surface area contributed by atoms with Crippen molar-refractivity contribution in [1.29, 1.82) is 0 Å². The van der Waals surface area contributed by atoms with Gasteiger partial charge in [0, 0.05) is 22.7 Å². The lowest BCUT2D eigenvalue weighted by Crippen LogP contribution is -2.39. The SMILES string of the molecule is CCC(C)[C@@](C)(C(=O)O)c1c(C)n(C(=O)c2ccc(F)c(F)c2)c2cc(F)c(O)cc12. The molecule has 2 atom stereocenters. The fourth-order valence-corrected chi connectivity index (χ4v) is 4.07. The number of benzene rings is 2. The molecule has 3 aromatic rings. The van der Waals surface area contributed by atoms with Gasteiger partial charge in [-0.15, -0.1) is 0 Å². The van der Waals surface area contributed by atoms with E-state index in [0.29, 0.717) is 6.42 Å². The molecule has 0 bridgehead atoms. The van der Waals surface area contributed by atoms with E-state index in [2.05, 4.69) is 0 Å². The third-order valence-corrected chi connectivity index (χ3v) is 6.20. The lowest BCUT2D eigenvalue weighted by molar-refractivity contribution is -0.145. The quantitative estimate of drug-likeness (QED) is 0.583. The van der Waals surface area contributed by atoms with E-state index in [0.717, 1.165) is 34.9 Å². The van der Waals surface area contributed by atoms with Crippen molar-refractivity contribution in [3.63, 3.8) is 0 Å². The molecule has 31 heavy (non-hydrogen) atoms. The summed E-state index contributed by atoms with van der Waals surface area (Å²) in [5.41, 5.74) is -1.19. The van der Waals surface area contributed by atoms with E-state index in [1.807, 2.05) is 6.92 Å². The van der Waals surface area contributed by atoms with Gasteiger partial charge in [0.15, 0.2) is 23.2 Å². The maximum absolute atomic E-state index is 14.2. The van der Waals surface area contributed by atoms with Gasteiger partial charge in [-0.2, -0.15) is 0 Å². The van der Waals surface area contributed by atoms with E-state index in [1.54, 1.807) is 6.92 Å². The molecule has 1 unspecified atom stereocenters. The molecule has 0 aliphatic carbocycles. The summed E-state index contributed by atoms with van der Waals surface area (Å²) in [6.45, 7) is 6.59. The van der Waals surface area contributed by atoms with Gasteiger partial charge in [0.25, 0.3) is 5.91 Å². The Morgan fingerprint density at radius 3 is 2.29 bits per heavy atom. The van der Waals surface area contributed by atoms with Gasteiger partial charge in [-0.25, -0.2) is 13.2 Å². The van der Waals surface area contributed by atoms with Crippen LogP contribution in [0.25, 0.3) is 10.9 Å². The number of nitrogens with zero attached hydrogens (tertiary/aromatic N) is 1. The summed E-state index contributed by atoms with van der Waals surface area (Å²) in [7, 11) is 0. The molecule has 0 fully saturated rings. The number of hydrogen-bond acceptors (Lipinski definition) is 3. The largest absolute Gasteiger partial charge is 0.505 e. The van der Waals surface area contributed by atoms with Crippen molar-refractivity contribution in [2.75, 3.05) is 0 Å². The number of carbonyl (C=O) groups excluding carboxylic acids is 1. The number of carbonyl (C=O) groups is 2. The first-order valence-electron chi connectivity index (χ1n) is 9.72. The molecule has 3 rings (SSSR count). The van der Waals surface area contributed by atoms with Gasteiger partial charge in [-0.1, -0.05) is 20.3 Å². The molecule has 8 heteroatoms. The van der Waals surface area contributed by atoms with Gasteiger partial charge in [0.2, 0.25) is 0 Å². The van der Waals surface area contributed by atoms with E-state index in [1.165, 1.54) is 13.8 Å². The first kappa shape index (κ1) is 22.4. The van der Waals surface area contributed by atoms with E-state index in [9.17, 15) is 33.0 Å². The topological polar surface area (TPSA) is 79.5 Å². The normalized spacial score (nSPS) is 14.4. The van der Waals surface area contributed by atoms with Crippen LogP contribution in [0.1, 0.15) is 48.8 Å². The fourth-order valence-electron chi connectivity index (χ4n) is 4.07. The van der Waals surface area contributed by atoms with Crippen LogP contribution in [0.2, 0.25) is 0 Å². The zero-order chi connectivity index (χ0) is 23.2. The molecule has 0 saturated carbocycles. The van der Waals surface area contributed by atoms with Crippen LogP contribution in [0.15, 0.2) is 30.3 Å². The number of fused-ring (bicyclic) bond motifs is 1. The van der Waals surface area contributed by atoms with Crippen LogP contribution in [-0.4, -0.2) is 26.7 Å². The second kappa shape index (κ2) is 7.76. The minimum Gasteiger partial charge on any atom is -0.505 e. The van der Waals surface area contributed by atoms with Gasteiger partial charge >= 0.3 is 5.97 Å². The predicted octanol–water partition coefficient (Wildman–Crippen LogP) is 5.15. The van der Waals surface area contributed by atoms with Gasteiger partial charge in [0.1, 0.15) is 0 Å². The van der Waals surface area contributed by atoms with Crippen molar-refractivity contribution >= 4 is 22.8 Å². The second-order valence-electron chi connectivity index (χ2n) is 7.87. The molecule has 164 valence electrons. The summed E-state index contributed by atoms with van der Waals surface area (Å²) < 4.78 is 42.4. The Morgan fingerprint density at radius 1 is 1.10 bits per heavy atom. The molecule has 2 aromatic carbocycles. The highest BCUT2D eigenvalue weighted by molar-refractivity contribution is 6.06. The molecule has 2 N–H and O–H groups in total. The fraction of sp³-hybridized carbons (Fsp3) is 0.304. The van der Waals surface area contributed by atoms with E-state index in [4.69, 9.17) is 0 Å². The molecule has 0 aliphatic heterocycles. The van der Waals surface area contributed by atoms with Crippen molar-refractivity contribution in [3.8, 4) is 5.75 Å². The Kier molecular flexibility index (Phi) is 5.60. The Balaban J connectivity index is 2.42. The van der Waals surface area contributed by atoms with Crippen molar-refractivity contribution in [2.24, 2.45) is 5.92 Å². The predicted molar refractivity (Wildman–Crippen MR) is 109 cm³/mol. The standard InChI is InChI=1S/C23H22F3NO4/c1-5-11(2)23(4,22(30)31)20-12(3)27(18-10-17(26)19(28)9-14(18)20)21(29)13-6-7-15(24)16(25)8-13/h6-11,28H,5H2,1-4H3,(H,30,31)/t11?,23-/m1/s1. The number of aromatic nitrogens is 1. The minimum absolute atomic E-state index is 0.0216. The zero-order valence-electron chi connectivity index (χ0n) is 17.5. The van der Waals surface area contributed by atoms with E-state index >= 15 is 0 Å². The molecular formula is C23H22F3NO4. The number of carboxylic acids is 1. The van der Waals surface area contributed by atoms with Crippen molar-refractivity contribution in [3.05, 3.63) is 64.6 Å². The van der Waals surface area contributed by atoms with Crippen LogP contribution in [0.4, 0.5) is 13.2 Å². The number of hydrogen-bond donors (Lipinski definition) is 2. The number of aromatic hydroxyl groups is 1. The molecule has 1 heterocycles. The summed E-state index contributed by atoms with van der Waals surface area (Å²) in [4.78, 5) is 25.6. The van der Waals surface area contributed by atoms with E-state index in [-0.39, 0.29) is 33.6 Å². The zero-order valence-corrected chi connectivity index (χ0v) is 17.5. The first-order valence-corrected chi connectivity index (χ1v) is 9.72. The maximum atomic E-state index is 14.2. The number of aliphatic carboxylic acids is 1. The van der Waals surface area contributed by atoms with Gasteiger partial charge in [-0.05, 0) is 49.6 Å². The van der Waals surface area contributed by atoms with Crippen LogP contribution < -0.4 is 0 Å². The summed E-state index contributed by atoms with van der Waals surface area (Å²) >= 11 is 0. The molecule has 0 saturated heterocycles. The lowest BCUT2D eigenvalue weighted by Gasteiger charge is -2.32. The van der Waals surface area contributed by atoms with Crippen molar-refractivity contribution < 1.29 is 33.0 Å². The van der Waals surface area contributed by atoms with Crippen LogP contribution >= 0.6 is 0 Å². The van der Waals surface area contributed by atoms with Crippen LogP contribution in [0, 0.1) is 30.3 Å². The third kappa shape index (κ3) is 3.36. The minimum atomic E-state index is -1.47. The summed E-state index contributed by atoms with van der Waals surface area (Å²) in [5, 5.41) is 20.3. The van der Waals surface area contributed by atoms with Crippen molar-refractivity contribution in [1.82, 2.24) is 4.57 Å². The average molecular weight is 433 g/mol. The molecule has 5 nitrogen and oxygen atoms in total. The summed E-state index contributed by atoms with van der Waals surface area (Å²) in [6, 6.07) is 4.64. The molecular weight excluding hydrogens is 411 g/mol. The number of rotatable bonds is 5. The monoisotopic (exact) mass is 433 g/mol. The second-order valence-corrected chi connectivity index (χ2v) is 7.87. The lowest BCUT2D eigenvalue weighted by atomic mass is 9.70. The molecule has 0 spiro atoms. The maximum Gasteiger partial charge on any atom is 0.314 e. The highest BCUT2D eigenvalue weighted by Crippen LogP contribution is 2.43. The molecule has 0 amide bonds. The number of phenolic OH excluding ortho intramolecular Hbond substituents is 1. The van der Waals surface area contributed by atoms with E-state index < -0.39 is 40.5 Å². The highest BCUT2D eigenvalue weighted by Gasteiger charge is 2.44.